The molecule has 2 nitrogen and oxygen atoms in total. The lowest BCUT2D eigenvalue weighted by atomic mass is 10.4. The lowest BCUT2D eigenvalue weighted by Crippen LogP contribution is -2.31. The fourth-order valence-corrected chi connectivity index (χ4v) is 3.14. The minimum atomic E-state index is 0.827. The van der Waals surface area contributed by atoms with Crippen molar-refractivity contribution in [2.45, 2.75) is 0 Å². The first-order chi connectivity index (χ1) is 6.40. The van der Waals surface area contributed by atoms with Crippen molar-refractivity contribution in [3.05, 3.63) is 17.0 Å². The Balaban J connectivity index is 2.09. The van der Waals surface area contributed by atoms with Gasteiger partial charge in [-0.05, 0) is 12.1 Å². The normalized spacial score (nSPS) is 17.4. The van der Waals surface area contributed by atoms with Crippen molar-refractivity contribution < 1.29 is 4.79 Å². The van der Waals surface area contributed by atoms with Crippen molar-refractivity contribution in [3.63, 3.8) is 0 Å². The SMILES string of the molecule is O=Cc1ccc(N2CCSCC2)s1. The van der Waals surface area contributed by atoms with Crippen LogP contribution in [0.2, 0.25) is 0 Å². The molecule has 0 bridgehead atoms. The molecule has 2 rings (SSSR count). The van der Waals surface area contributed by atoms with E-state index in [-0.39, 0.29) is 0 Å². The van der Waals surface area contributed by atoms with E-state index in [9.17, 15) is 4.79 Å². The van der Waals surface area contributed by atoms with Crippen molar-refractivity contribution in [1.29, 1.82) is 0 Å². The van der Waals surface area contributed by atoms with Gasteiger partial charge in [0.05, 0.1) is 9.88 Å². The van der Waals surface area contributed by atoms with E-state index in [1.807, 2.05) is 23.9 Å². The van der Waals surface area contributed by atoms with E-state index >= 15 is 0 Å². The molecule has 0 radical (unpaired) electrons. The van der Waals surface area contributed by atoms with Gasteiger partial charge in [-0.25, -0.2) is 0 Å². The highest BCUT2D eigenvalue weighted by Crippen LogP contribution is 2.26. The van der Waals surface area contributed by atoms with Gasteiger partial charge in [0.1, 0.15) is 0 Å². The Bertz CT molecular complexity index is 292. The second-order valence-electron chi connectivity index (χ2n) is 2.89. The number of thioether (sulfide) groups is 1. The molecule has 0 N–H and O–H groups in total. The molecule has 0 amide bonds. The van der Waals surface area contributed by atoms with Crippen LogP contribution in [-0.4, -0.2) is 30.9 Å². The molecule has 1 aliphatic heterocycles. The molecule has 1 fully saturated rings. The number of anilines is 1. The monoisotopic (exact) mass is 213 g/mol. The van der Waals surface area contributed by atoms with Gasteiger partial charge in [-0.15, -0.1) is 11.3 Å². The number of nitrogens with zero attached hydrogens (tertiary/aromatic N) is 1. The van der Waals surface area contributed by atoms with Crippen molar-refractivity contribution in [2.24, 2.45) is 0 Å². The van der Waals surface area contributed by atoms with Crippen LogP contribution in [0.1, 0.15) is 9.67 Å². The van der Waals surface area contributed by atoms with Crippen LogP contribution in [0.5, 0.6) is 0 Å². The first kappa shape index (κ1) is 9.09. The minimum absolute atomic E-state index is 0.827. The van der Waals surface area contributed by atoms with Crippen LogP contribution in [0.25, 0.3) is 0 Å². The average Bonchev–Trinajstić information content (AvgIpc) is 2.67. The standard InChI is InChI=1S/C9H11NOS2/c11-7-8-1-2-9(13-8)10-3-5-12-6-4-10/h1-2,7H,3-6H2. The predicted molar refractivity (Wildman–Crippen MR) is 59.2 cm³/mol. The highest BCUT2D eigenvalue weighted by atomic mass is 32.2. The third-order valence-electron chi connectivity index (χ3n) is 2.05. The van der Waals surface area contributed by atoms with Crippen LogP contribution < -0.4 is 4.90 Å². The molecule has 1 aromatic heterocycles. The zero-order valence-electron chi connectivity index (χ0n) is 7.23. The summed E-state index contributed by atoms with van der Waals surface area (Å²) in [6.07, 6.45) is 0.923. The Morgan fingerprint density at radius 3 is 2.69 bits per heavy atom. The molecule has 0 atom stereocenters. The van der Waals surface area contributed by atoms with Crippen LogP contribution in [-0.2, 0) is 0 Å². The second kappa shape index (κ2) is 4.15. The van der Waals surface area contributed by atoms with Crippen molar-refractivity contribution in [3.8, 4) is 0 Å². The molecule has 70 valence electrons. The summed E-state index contributed by atoms with van der Waals surface area (Å²) in [6, 6.07) is 3.94. The Hall–Kier alpha value is -0.480. The molecule has 1 saturated heterocycles. The van der Waals surface area contributed by atoms with Gasteiger partial charge in [0.25, 0.3) is 0 Å². The maximum atomic E-state index is 10.5. The number of thiophene rings is 1. The Morgan fingerprint density at radius 2 is 2.08 bits per heavy atom. The smallest absolute Gasteiger partial charge is 0.160 e. The molecule has 4 heteroatoms. The molecule has 0 saturated carbocycles. The van der Waals surface area contributed by atoms with Gasteiger partial charge in [-0.3, -0.25) is 4.79 Å². The summed E-state index contributed by atoms with van der Waals surface area (Å²) >= 11 is 3.59. The zero-order chi connectivity index (χ0) is 9.10. The molecule has 1 aliphatic rings. The number of aldehydes is 1. The first-order valence-corrected chi connectivity index (χ1v) is 6.25. The average molecular weight is 213 g/mol. The van der Waals surface area contributed by atoms with E-state index in [0.29, 0.717) is 0 Å². The number of hydrogen-bond donors (Lipinski definition) is 0. The highest BCUT2D eigenvalue weighted by Gasteiger charge is 2.12. The zero-order valence-corrected chi connectivity index (χ0v) is 8.87. The van der Waals surface area contributed by atoms with Gasteiger partial charge in [-0.1, -0.05) is 0 Å². The van der Waals surface area contributed by atoms with Crippen LogP contribution in [0.4, 0.5) is 5.00 Å². The molecule has 13 heavy (non-hydrogen) atoms. The summed E-state index contributed by atoms with van der Waals surface area (Å²) in [7, 11) is 0. The van der Waals surface area contributed by atoms with E-state index in [2.05, 4.69) is 4.90 Å². The van der Waals surface area contributed by atoms with Gasteiger partial charge in [0, 0.05) is 24.6 Å². The molecule has 0 spiro atoms. The molecular weight excluding hydrogens is 202 g/mol. The Morgan fingerprint density at radius 1 is 1.31 bits per heavy atom. The Labute approximate surface area is 85.9 Å². The predicted octanol–water partition coefficient (Wildman–Crippen LogP) is 2.11. The van der Waals surface area contributed by atoms with Crippen LogP contribution >= 0.6 is 23.1 Å². The summed E-state index contributed by atoms with van der Waals surface area (Å²) in [5.41, 5.74) is 0. The topological polar surface area (TPSA) is 20.3 Å². The van der Waals surface area contributed by atoms with Gasteiger partial charge < -0.3 is 4.90 Å². The van der Waals surface area contributed by atoms with Crippen molar-refractivity contribution >= 4 is 34.4 Å². The molecule has 1 aromatic rings. The number of carbonyl (C=O) groups is 1. The molecular formula is C9H11NOS2. The number of rotatable bonds is 2. The van der Waals surface area contributed by atoms with E-state index in [1.165, 1.54) is 16.5 Å². The van der Waals surface area contributed by atoms with Crippen LogP contribution in [0.15, 0.2) is 12.1 Å². The third kappa shape index (κ3) is 2.06. The second-order valence-corrected chi connectivity index (χ2v) is 5.21. The van der Waals surface area contributed by atoms with Gasteiger partial charge >= 0.3 is 0 Å². The number of hydrogen-bond acceptors (Lipinski definition) is 4. The fraction of sp³-hybridized carbons (Fsp3) is 0.444. The quantitative estimate of drug-likeness (QED) is 0.702. The summed E-state index contributed by atoms with van der Waals surface area (Å²) in [6.45, 7) is 2.23. The molecule has 0 unspecified atom stereocenters. The summed E-state index contributed by atoms with van der Waals surface area (Å²) < 4.78 is 0. The van der Waals surface area contributed by atoms with E-state index in [0.717, 1.165) is 24.3 Å². The van der Waals surface area contributed by atoms with E-state index < -0.39 is 0 Å². The summed E-state index contributed by atoms with van der Waals surface area (Å²) in [5.74, 6) is 2.41. The molecule has 0 aromatic carbocycles. The largest absolute Gasteiger partial charge is 0.362 e. The summed E-state index contributed by atoms with van der Waals surface area (Å²) in [5, 5.41) is 1.24. The van der Waals surface area contributed by atoms with E-state index in [4.69, 9.17) is 0 Å². The van der Waals surface area contributed by atoms with Crippen molar-refractivity contribution in [1.82, 2.24) is 0 Å². The minimum Gasteiger partial charge on any atom is -0.362 e. The lowest BCUT2D eigenvalue weighted by Gasteiger charge is -2.26. The van der Waals surface area contributed by atoms with Gasteiger partial charge in [0.2, 0.25) is 0 Å². The fourth-order valence-electron chi connectivity index (χ4n) is 1.36. The molecule has 2 heterocycles. The highest BCUT2D eigenvalue weighted by molar-refractivity contribution is 7.99. The molecule has 0 aliphatic carbocycles. The van der Waals surface area contributed by atoms with Crippen molar-refractivity contribution in [2.75, 3.05) is 29.5 Å². The Kier molecular flexibility index (Phi) is 2.90. The summed E-state index contributed by atoms with van der Waals surface area (Å²) in [4.78, 5) is 13.7. The maximum Gasteiger partial charge on any atom is 0.160 e. The lowest BCUT2D eigenvalue weighted by molar-refractivity contribution is 0.112. The van der Waals surface area contributed by atoms with Gasteiger partial charge in [0.15, 0.2) is 6.29 Å². The number of carbonyl (C=O) groups excluding carboxylic acids is 1. The third-order valence-corrected chi connectivity index (χ3v) is 4.07. The first-order valence-electron chi connectivity index (χ1n) is 4.28. The van der Waals surface area contributed by atoms with E-state index in [1.54, 1.807) is 11.3 Å². The maximum absolute atomic E-state index is 10.5. The van der Waals surface area contributed by atoms with Gasteiger partial charge in [-0.2, -0.15) is 11.8 Å². The van der Waals surface area contributed by atoms with Crippen LogP contribution in [0.3, 0.4) is 0 Å². The van der Waals surface area contributed by atoms with Crippen LogP contribution in [0, 0.1) is 0 Å².